The second-order valence-corrected chi connectivity index (χ2v) is 4.97. The molecule has 0 heterocycles. The van der Waals surface area contributed by atoms with E-state index in [0.717, 1.165) is 0 Å². The van der Waals surface area contributed by atoms with Crippen molar-refractivity contribution >= 4 is 27.3 Å². The molecule has 0 aliphatic rings. The van der Waals surface area contributed by atoms with Gasteiger partial charge in [0.2, 0.25) is 0 Å². The minimum atomic E-state index is -0.539. The maximum Gasteiger partial charge on any atom is 0.293 e. The van der Waals surface area contributed by atoms with Crippen LogP contribution in [0.2, 0.25) is 0 Å². The van der Waals surface area contributed by atoms with Crippen molar-refractivity contribution in [2.24, 2.45) is 5.84 Å². The van der Waals surface area contributed by atoms with Crippen LogP contribution in [0.5, 0.6) is 5.75 Å². The Morgan fingerprint density at radius 3 is 2.76 bits per heavy atom. The Morgan fingerprint density at radius 2 is 2.10 bits per heavy atom. The highest BCUT2D eigenvalue weighted by molar-refractivity contribution is 9.10. The van der Waals surface area contributed by atoms with Gasteiger partial charge in [0.25, 0.3) is 5.69 Å². The Kier molecular flexibility index (Phi) is 4.71. The number of nitrogens with one attached hydrogen (secondary N) is 1. The number of nitro benzene ring substituents is 1. The van der Waals surface area contributed by atoms with Crippen molar-refractivity contribution in [3.8, 4) is 5.75 Å². The van der Waals surface area contributed by atoms with E-state index in [9.17, 15) is 14.5 Å². The van der Waals surface area contributed by atoms with Gasteiger partial charge in [-0.1, -0.05) is 0 Å². The Labute approximate surface area is 128 Å². The summed E-state index contributed by atoms with van der Waals surface area (Å²) in [5.41, 5.74) is 2.98. The molecule has 0 atom stereocenters. The molecule has 3 N–H and O–H groups in total. The Balaban J connectivity index is 2.17. The van der Waals surface area contributed by atoms with E-state index >= 15 is 0 Å². The molecule has 0 aliphatic carbocycles. The second-order valence-electron chi connectivity index (χ2n) is 4.12. The molecule has 2 aromatic rings. The van der Waals surface area contributed by atoms with Crippen LogP contribution in [0.15, 0.2) is 40.9 Å². The summed E-state index contributed by atoms with van der Waals surface area (Å²) >= 11 is 3.25. The number of hydrogen-bond acceptors (Lipinski definition) is 5. The lowest BCUT2D eigenvalue weighted by molar-refractivity contribution is -0.384. The first-order valence-electron chi connectivity index (χ1n) is 5.83. The van der Waals surface area contributed by atoms with Gasteiger partial charge in [-0.15, -0.1) is 0 Å². The summed E-state index contributed by atoms with van der Waals surface area (Å²) < 4.78 is 19.2. The van der Waals surface area contributed by atoms with Crippen LogP contribution in [0.3, 0.4) is 0 Å². The molecule has 0 fully saturated rings. The van der Waals surface area contributed by atoms with Gasteiger partial charge in [0.1, 0.15) is 23.9 Å². The van der Waals surface area contributed by atoms with E-state index in [4.69, 9.17) is 10.6 Å². The van der Waals surface area contributed by atoms with Crippen molar-refractivity contribution in [1.29, 1.82) is 0 Å². The average Bonchev–Trinajstić information content (AvgIpc) is 2.47. The predicted octanol–water partition coefficient (Wildman–Crippen LogP) is 3.36. The fourth-order valence-corrected chi connectivity index (χ4v) is 2.06. The number of nitro groups is 1. The zero-order valence-corrected chi connectivity index (χ0v) is 12.3. The highest BCUT2D eigenvalue weighted by atomic mass is 79.9. The minimum Gasteiger partial charge on any atom is -0.488 e. The summed E-state index contributed by atoms with van der Waals surface area (Å²) in [5, 5.41) is 10.8. The van der Waals surface area contributed by atoms with E-state index in [-0.39, 0.29) is 18.0 Å². The fourth-order valence-electron chi connectivity index (χ4n) is 1.70. The van der Waals surface area contributed by atoms with Crippen molar-refractivity contribution in [2.45, 2.75) is 6.61 Å². The highest BCUT2D eigenvalue weighted by Gasteiger charge is 2.13. The van der Waals surface area contributed by atoms with Crippen molar-refractivity contribution in [2.75, 3.05) is 5.43 Å². The van der Waals surface area contributed by atoms with Crippen LogP contribution < -0.4 is 16.0 Å². The average molecular weight is 356 g/mol. The van der Waals surface area contributed by atoms with Gasteiger partial charge >= 0.3 is 0 Å². The summed E-state index contributed by atoms with van der Waals surface area (Å²) in [4.78, 5) is 10.2. The number of nitrogen functional groups attached to an aromatic ring is 1. The number of anilines is 1. The summed E-state index contributed by atoms with van der Waals surface area (Å²) in [6.45, 7) is 0.120. The van der Waals surface area contributed by atoms with Gasteiger partial charge in [0.05, 0.1) is 9.40 Å². The molecule has 6 nitrogen and oxygen atoms in total. The van der Waals surface area contributed by atoms with Gasteiger partial charge < -0.3 is 10.2 Å². The maximum atomic E-state index is 13.1. The van der Waals surface area contributed by atoms with E-state index in [1.54, 1.807) is 6.07 Å². The monoisotopic (exact) mass is 355 g/mol. The molecule has 0 radical (unpaired) electrons. The zero-order chi connectivity index (χ0) is 15.4. The summed E-state index contributed by atoms with van der Waals surface area (Å²) in [7, 11) is 0. The second kappa shape index (κ2) is 6.51. The lowest BCUT2D eigenvalue weighted by Crippen LogP contribution is -2.10. The summed E-state index contributed by atoms with van der Waals surface area (Å²) in [6, 6.07) is 8.47. The topological polar surface area (TPSA) is 90.4 Å². The number of nitrogens with two attached hydrogens (primary N) is 1. The van der Waals surface area contributed by atoms with Gasteiger partial charge in [0, 0.05) is 12.1 Å². The lowest BCUT2D eigenvalue weighted by Gasteiger charge is -2.09. The van der Waals surface area contributed by atoms with Crippen molar-refractivity contribution < 1.29 is 14.1 Å². The van der Waals surface area contributed by atoms with Crippen LogP contribution in [-0.4, -0.2) is 4.92 Å². The Hall–Kier alpha value is -2.19. The summed E-state index contributed by atoms with van der Waals surface area (Å²) in [5.74, 6) is 5.18. The fraction of sp³-hybridized carbons (Fsp3) is 0.0769. The van der Waals surface area contributed by atoms with Gasteiger partial charge in [-0.25, -0.2) is 4.39 Å². The van der Waals surface area contributed by atoms with Gasteiger partial charge in [-0.2, -0.15) is 0 Å². The van der Waals surface area contributed by atoms with Gasteiger partial charge in [-0.05, 0) is 45.8 Å². The molecule has 0 aliphatic heterocycles. The normalized spacial score (nSPS) is 10.2. The van der Waals surface area contributed by atoms with Crippen LogP contribution in [0.1, 0.15) is 5.56 Å². The van der Waals surface area contributed by atoms with E-state index in [2.05, 4.69) is 21.4 Å². The van der Waals surface area contributed by atoms with Gasteiger partial charge in [0.15, 0.2) is 0 Å². The third-order valence-corrected chi connectivity index (χ3v) is 3.36. The first kappa shape index (κ1) is 15.2. The number of hydrazine groups is 1. The number of benzene rings is 2. The van der Waals surface area contributed by atoms with E-state index in [0.29, 0.717) is 15.8 Å². The molecule has 21 heavy (non-hydrogen) atoms. The number of hydrogen-bond donors (Lipinski definition) is 2. The number of rotatable bonds is 5. The van der Waals surface area contributed by atoms with Crippen molar-refractivity contribution in [3.63, 3.8) is 0 Å². The molecule has 0 bridgehead atoms. The first-order chi connectivity index (χ1) is 10.0. The van der Waals surface area contributed by atoms with E-state index in [1.165, 1.54) is 30.3 Å². The third-order valence-electron chi connectivity index (χ3n) is 2.70. The molecule has 110 valence electrons. The molecule has 0 spiro atoms. The lowest BCUT2D eigenvalue weighted by atomic mass is 10.2. The first-order valence-corrected chi connectivity index (χ1v) is 6.62. The molecular formula is C13H11BrFN3O3. The molecule has 0 unspecified atom stereocenters. The third kappa shape index (κ3) is 3.67. The number of nitrogens with zero attached hydrogens (tertiary/aromatic N) is 1. The van der Waals surface area contributed by atoms with Crippen molar-refractivity contribution in [1.82, 2.24) is 0 Å². The van der Waals surface area contributed by atoms with Crippen LogP contribution in [0.4, 0.5) is 15.8 Å². The quantitative estimate of drug-likeness (QED) is 0.487. The molecule has 0 aromatic heterocycles. The largest absolute Gasteiger partial charge is 0.488 e. The molecule has 0 amide bonds. The summed E-state index contributed by atoms with van der Waals surface area (Å²) in [6.07, 6.45) is 0. The number of ether oxygens (including phenoxy) is 1. The van der Waals surface area contributed by atoms with Crippen LogP contribution >= 0.6 is 15.9 Å². The van der Waals surface area contributed by atoms with E-state index < -0.39 is 10.7 Å². The van der Waals surface area contributed by atoms with Crippen LogP contribution in [0, 0.1) is 15.9 Å². The predicted molar refractivity (Wildman–Crippen MR) is 79.3 cm³/mol. The Bertz CT molecular complexity index is 682. The minimum absolute atomic E-state index is 0.120. The SMILES string of the molecule is NNc1cc(COc2cc(F)ccc2Br)ccc1[N+](=O)[O-]. The molecule has 2 rings (SSSR count). The molecule has 8 heteroatoms. The smallest absolute Gasteiger partial charge is 0.293 e. The van der Waals surface area contributed by atoms with Crippen molar-refractivity contribution in [3.05, 3.63) is 62.4 Å². The van der Waals surface area contributed by atoms with Gasteiger partial charge in [-0.3, -0.25) is 16.0 Å². The maximum absolute atomic E-state index is 13.1. The molecule has 0 saturated carbocycles. The molecular weight excluding hydrogens is 345 g/mol. The van der Waals surface area contributed by atoms with Crippen LogP contribution in [-0.2, 0) is 6.61 Å². The molecule has 0 saturated heterocycles. The standard InChI is InChI=1S/C13H11BrFN3O3/c14-10-3-2-9(15)6-13(10)21-7-8-1-4-12(18(19)20)11(5-8)17-16/h1-6,17H,7,16H2. The van der Waals surface area contributed by atoms with E-state index in [1.807, 2.05) is 0 Å². The number of halogens is 2. The Morgan fingerprint density at radius 1 is 1.33 bits per heavy atom. The zero-order valence-electron chi connectivity index (χ0n) is 10.7. The molecule has 2 aromatic carbocycles. The van der Waals surface area contributed by atoms with Crippen LogP contribution in [0.25, 0.3) is 0 Å². The highest BCUT2D eigenvalue weighted by Crippen LogP contribution is 2.28.